The molecule has 1 rings (SSSR count). The fraction of sp³-hybridized carbons (Fsp3) is 0.889. The van der Waals surface area contributed by atoms with E-state index in [-0.39, 0.29) is 12.2 Å². The first-order valence-corrected chi connectivity index (χ1v) is 5.88. The van der Waals surface area contributed by atoms with Crippen molar-refractivity contribution in [3.05, 3.63) is 0 Å². The van der Waals surface area contributed by atoms with E-state index in [0.717, 1.165) is 7.11 Å². The van der Waals surface area contributed by atoms with Crippen LogP contribution in [0.3, 0.4) is 0 Å². The first kappa shape index (κ1) is 13.6. The Morgan fingerprint density at radius 1 is 1.62 bits per heavy atom. The number of methoxy groups -OCH3 is 1. The van der Waals surface area contributed by atoms with E-state index in [1.165, 1.54) is 11.8 Å². The van der Waals surface area contributed by atoms with Gasteiger partial charge in [0.1, 0.15) is 5.41 Å². The number of halogens is 3. The summed E-state index contributed by atoms with van der Waals surface area (Å²) < 4.78 is 41.7. The fourth-order valence-electron chi connectivity index (χ4n) is 1.85. The van der Waals surface area contributed by atoms with Crippen LogP contribution in [-0.4, -0.2) is 42.0 Å². The Morgan fingerprint density at radius 2 is 2.25 bits per heavy atom. The number of carbonyl (C=O) groups is 1. The maximum absolute atomic E-state index is 12.4. The molecule has 1 fully saturated rings. The van der Waals surface area contributed by atoms with E-state index in [1.807, 2.05) is 0 Å². The zero-order chi connectivity index (χ0) is 12.4. The summed E-state index contributed by atoms with van der Waals surface area (Å²) in [5.74, 6) is -0.425. The van der Waals surface area contributed by atoms with E-state index in [1.54, 1.807) is 0 Å². The van der Waals surface area contributed by atoms with E-state index >= 15 is 0 Å². The van der Waals surface area contributed by atoms with E-state index in [0.29, 0.717) is 5.75 Å². The predicted octanol–water partition coefficient (Wildman–Crippen LogP) is 1.60. The molecule has 0 saturated carbocycles. The standard InChI is InChI=1S/C9H13F3O3S/c1-15-7(14)8(5-9(10,11)12)2-3-16-4-6(8)13/h6,13H,2-5H2,1H3. The summed E-state index contributed by atoms with van der Waals surface area (Å²) in [5.41, 5.74) is -1.82. The van der Waals surface area contributed by atoms with Gasteiger partial charge >= 0.3 is 12.1 Å². The first-order chi connectivity index (χ1) is 7.32. The molecule has 94 valence electrons. The maximum Gasteiger partial charge on any atom is 0.390 e. The molecule has 1 N–H and O–H groups in total. The van der Waals surface area contributed by atoms with Crippen molar-refractivity contribution in [3.8, 4) is 0 Å². The lowest BCUT2D eigenvalue weighted by Crippen LogP contribution is -2.50. The Hall–Kier alpha value is -0.430. The minimum atomic E-state index is -4.49. The smallest absolute Gasteiger partial charge is 0.390 e. The number of rotatable bonds is 2. The quantitative estimate of drug-likeness (QED) is 0.764. The van der Waals surface area contributed by atoms with Crippen LogP contribution in [-0.2, 0) is 9.53 Å². The Balaban J connectivity index is 2.95. The van der Waals surface area contributed by atoms with Crippen molar-refractivity contribution in [1.29, 1.82) is 0 Å². The number of hydrogen-bond donors (Lipinski definition) is 1. The van der Waals surface area contributed by atoms with Gasteiger partial charge in [0.2, 0.25) is 0 Å². The molecule has 1 saturated heterocycles. The lowest BCUT2D eigenvalue weighted by atomic mass is 9.76. The summed E-state index contributed by atoms with van der Waals surface area (Å²) in [6.45, 7) is 0. The number of aliphatic hydroxyl groups is 1. The fourth-order valence-corrected chi connectivity index (χ4v) is 3.07. The molecule has 3 nitrogen and oxygen atoms in total. The van der Waals surface area contributed by atoms with Crippen molar-refractivity contribution in [1.82, 2.24) is 0 Å². The molecule has 0 spiro atoms. The van der Waals surface area contributed by atoms with Crippen molar-refractivity contribution in [2.45, 2.75) is 25.1 Å². The number of hydrogen-bond acceptors (Lipinski definition) is 4. The van der Waals surface area contributed by atoms with Crippen LogP contribution in [0.15, 0.2) is 0 Å². The van der Waals surface area contributed by atoms with Gasteiger partial charge in [-0.2, -0.15) is 24.9 Å². The first-order valence-electron chi connectivity index (χ1n) is 4.73. The van der Waals surface area contributed by atoms with Crippen LogP contribution in [0, 0.1) is 5.41 Å². The second-order valence-corrected chi connectivity index (χ2v) is 4.93. The highest BCUT2D eigenvalue weighted by Gasteiger charge is 2.54. The molecule has 0 aromatic carbocycles. The zero-order valence-corrected chi connectivity index (χ0v) is 9.53. The number of ether oxygens (including phenoxy) is 1. The largest absolute Gasteiger partial charge is 0.469 e. The van der Waals surface area contributed by atoms with Crippen LogP contribution in [0.25, 0.3) is 0 Å². The van der Waals surface area contributed by atoms with Crippen LogP contribution in [0.2, 0.25) is 0 Å². The van der Waals surface area contributed by atoms with E-state index in [2.05, 4.69) is 4.74 Å². The molecule has 7 heteroatoms. The normalized spacial score (nSPS) is 31.2. The van der Waals surface area contributed by atoms with Crippen LogP contribution in [0.5, 0.6) is 0 Å². The Kier molecular flexibility index (Phi) is 4.12. The number of esters is 1. The van der Waals surface area contributed by atoms with Crippen molar-refractivity contribution >= 4 is 17.7 Å². The van der Waals surface area contributed by atoms with Gasteiger partial charge in [-0.15, -0.1) is 0 Å². The Labute approximate surface area is 95.3 Å². The molecule has 0 aromatic rings. The highest BCUT2D eigenvalue weighted by Crippen LogP contribution is 2.44. The van der Waals surface area contributed by atoms with Gasteiger partial charge in [-0.3, -0.25) is 4.79 Å². The van der Waals surface area contributed by atoms with Gasteiger partial charge in [0.15, 0.2) is 0 Å². The predicted molar refractivity (Wildman–Crippen MR) is 53.1 cm³/mol. The summed E-state index contributed by atoms with van der Waals surface area (Å²) in [4.78, 5) is 11.5. The number of carbonyl (C=O) groups excluding carboxylic acids is 1. The number of thioether (sulfide) groups is 1. The number of alkyl halides is 3. The molecule has 1 heterocycles. The molecule has 0 bridgehead atoms. The third-order valence-electron chi connectivity index (χ3n) is 2.71. The highest BCUT2D eigenvalue weighted by atomic mass is 32.2. The van der Waals surface area contributed by atoms with E-state index in [9.17, 15) is 23.1 Å². The second kappa shape index (κ2) is 4.83. The van der Waals surface area contributed by atoms with Gasteiger partial charge in [0.25, 0.3) is 0 Å². The summed E-state index contributed by atoms with van der Waals surface area (Å²) in [5, 5.41) is 9.66. The lowest BCUT2D eigenvalue weighted by molar-refractivity contribution is -0.194. The molecule has 0 amide bonds. The maximum atomic E-state index is 12.4. The van der Waals surface area contributed by atoms with Gasteiger partial charge in [0, 0.05) is 5.75 Å². The molecule has 16 heavy (non-hydrogen) atoms. The van der Waals surface area contributed by atoms with Crippen molar-refractivity contribution in [2.75, 3.05) is 18.6 Å². The third-order valence-corrected chi connectivity index (χ3v) is 3.76. The van der Waals surface area contributed by atoms with Gasteiger partial charge in [-0.05, 0) is 12.2 Å². The molecule has 0 aromatic heterocycles. The second-order valence-electron chi connectivity index (χ2n) is 3.78. The average molecular weight is 258 g/mol. The molecule has 2 atom stereocenters. The molecule has 0 radical (unpaired) electrons. The minimum absolute atomic E-state index is 0.00891. The summed E-state index contributed by atoms with van der Waals surface area (Å²) in [6.07, 6.45) is -7.13. The third kappa shape index (κ3) is 2.82. The molecule has 1 aliphatic heterocycles. The van der Waals surface area contributed by atoms with Crippen molar-refractivity contribution in [2.24, 2.45) is 5.41 Å². The summed E-state index contributed by atoms with van der Waals surface area (Å²) in [7, 11) is 1.04. The minimum Gasteiger partial charge on any atom is -0.469 e. The van der Waals surface area contributed by atoms with Crippen molar-refractivity contribution in [3.63, 3.8) is 0 Å². The number of aliphatic hydroxyl groups excluding tert-OH is 1. The van der Waals surface area contributed by atoms with Crippen LogP contribution in [0.4, 0.5) is 13.2 Å². The average Bonchev–Trinajstić information content (AvgIpc) is 2.18. The van der Waals surface area contributed by atoms with E-state index in [4.69, 9.17) is 0 Å². The Morgan fingerprint density at radius 3 is 2.69 bits per heavy atom. The topological polar surface area (TPSA) is 46.5 Å². The molecular weight excluding hydrogens is 245 g/mol. The summed E-state index contributed by atoms with van der Waals surface area (Å²) in [6, 6.07) is 0. The summed E-state index contributed by atoms with van der Waals surface area (Å²) >= 11 is 1.33. The zero-order valence-electron chi connectivity index (χ0n) is 8.71. The van der Waals surface area contributed by atoms with Gasteiger partial charge in [0.05, 0.1) is 19.6 Å². The van der Waals surface area contributed by atoms with Crippen molar-refractivity contribution < 1.29 is 27.8 Å². The highest BCUT2D eigenvalue weighted by molar-refractivity contribution is 7.99. The lowest BCUT2D eigenvalue weighted by Gasteiger charge is -2.38. The molecular formula is C9H13F3O3S. The van der Waals surface area contributed by atoms with E-state index < -0.39 is 30.1 Å². The van der Waals surface area contributed by atoms with Crippen LogP contribution < -0.4 is 0 Å². The van der Waals surface area contributed by atoms with Gasteiger partial charge < -0.3 is 9.84 Å². The van der Waals surface area contributed by atoms with Crippen LogP contribution in [0.1, 0.15) is 12.8 Å². The van der Waals surface area contributed by atoms with Gasteiger partial charge in [-0.25, -0.2) is 0 Å². The van der Waals surface area contributed by atoms with Crippen LogP contribution >= 0.6 is 11.8 Å². The molecule has 1 aliphatic rings. The molecule has 0 aliphatic carbocycles. The molecule has 2 unspecified atom stereocenters. The monoisotopic (exact) mass is 258 g/mol. The Bertz CT molecular complexity index is 269. The SMILES string of the molecule is COC(=O)C1(CC(F)(F)F)CCSCC1O. The van der Waals surface area contributed by atoms with Gasteiger partial charge in [-0.1, -0.05) is 0 Å².